The highest BCUT2D eigenvalue weighted by Gasteiger charge is 2.37. The molecule has 1 fully saturated rings. The molecule has 2 amide bonds. The Balaban J connectivity index is 1.49. The smallest absolute Gasteiger partial charge is 0.272 e. The molecule has 1 saturated heterocycles. The topological polar surface area (TPSA) is 84.9 Å². The Labute approximate surface area is 194 Å². The van der Waals surface area contributed by atoms with E-state index in [9.17, 15) is 9.59 Å². The van der Waals surface area contributed by atoms with Crippen molar-refractivity contribution in [3.63, 3.8) is 0 Å². The second-order valence-corrected chi connectivity index (χ2v) is 8.97. The molecule has 2 aromatic rings. The Hall–Kier alpha value is -3.00. The number of likely N-dealkylation sites (tertiary alicyclic amines) is 1. The van der Waals surface area contributed by atoms with E-state index in [0.717, 1.165) is 32.1 Å². The number of likely N-dealkylation sites (N-methyl/N-ethyl adjacent to an activating group) is 1. The van der Waals surface area contributed by atoms with Gasteiger partial charge < -0.3 is 19.3 Å². The Morgan fingerprint density at radius 2 is 1.85 bits per heavy atom. The van der Waals surface area contributed by atoms with Crippen LogP contribution in [0.5, 0.6) is 5.75 Å². The first kappa shape index (κ1) is 23.2. The molecule has 8 nitrogen and oxygen atoms in total. The zero-order valence-electron chi connectivity index (χ0n) is 19.2. The molecule has 33 heavy (non-hydrogen) atoms. The van der Waals surface area contributed by atoms with Crippen LogP contribution in [-0.2, 0) is 4.74 Å². The number of amides is 2. The predicted octanol–water partition coefficient (Wildman–Crippen LogP) is 3.05. The van der Waals surface area contributed by atoms with Gasteiger partial charge in [0.15, 0.2) is 0 Å². The highest BCUT2D eigenvalue weighted by Crippen LogP contribution is 2.38. The summed E-state index contributed by atoms with van der Waals surface area (Å²) in [4.78, 5) is 37.3. The lowest BCUT2D eigenvalue weighted by atomic mass is 9.75. The molecular weight excluding hydrogens is 420 g/mol. The molecule has 0 atom stereocenters. The molecule has 176 valence electrons. The van der Waals surface area contributed by atoms with Crippen LogP contribution in [0, 0.1) is 5.41 Å². The van der Waals surface area contributed by atoms with E-state index < -0.39 is 0 Å². The third-order valence-corrected chi connectivity index (χ3v) is 6.73. The molecule has 8 heteroatoms. The van der Waals surface area contributed by atoms with Crippen LogP contribution < -0.4 is 4.74 Å². The van der Waals surface area contributed by atoms with Crippen LogP contribution in [0.3, 0.4) is 0 Å². The van der Waals surface area contributed by atoms with E-state index in [2.05, 4.69) is 9.97 Å². The predicted molar refractivity (Wildman–Crippen MR) is 123 cm³/mol. The summed E-state index contributed by atoms with van der Waals surface area (Å²) in [6.45, 7) is 3.60. The van der Waals surface area contributed by atoms with Gasteiger partial charge in [0.05, 0.1) is 18.8 Å². The van der Waals surface area contributed by atoms with Crippen molar-refractivity contribution in [1.82, 2.24) is 19.8 Å². The van der Waals surface area contributed by atoms with E-state index in [4.69, 9.17) is 9.47 Å². The molecule has 0 aliphatic carbocycles. The number of carbonyl (C=O) groups is 2. The van der Waals surface area contributed by atoms with Gasteiger partial charge in [0.25, 0.3) is 11.8 Å². The van der Waals surface area contributed by atoms with Gasteiger partial charge in [-0.2, -0.15) is 0 Å². The van der Waals surface area contributed by atoms with Crippen molar-refractivity contribution in [3.05, 3.63) is 54.1 Å². The number of aromatic nitrogens is 2. The summed E-state index contributed by atoms with van der Waals surface area (Å²) in [6.07, 6.45) is 7.71. The summed E-state index contributed by atoms with van der Waals surface area (Å²) in [5.74, 6) is 0.498. The van der Waals surface area contributed by atoms with Crippen molar-refractivity contribution in [1.29, 1.82) is 0 Å². The van der Waals surface area contributed by atoms with Crippen molar-refractivity contribution >= 4 is 11.8 Å². The zero-order valence-corrected chi connectivity index (χ0v) is 19.2. The van der Waals surface area contributed by atoms with Crippen LogP contribution in [0.4, 0.5) is 0 Å². The fraction of sp³-hybridized carbons (Fsp3) is 0.520. The summed E-state index contributed by atoms with van der Waals surface area (Å²) >= 11 is 0. The Morgan fingerprint density at radius 3 is 2.64 bits per heavy atom. The maximum absolute atomic E-state index is 13.0. The minimum Gasteiger partial charge on any atom is -0.492 e. The van der Waals surface area contributed by atoms with Crippen LogP contribution >= 0.6 is 0 Å². The van der Waals surface area contributed by atoms with Crippen molar-refractivity contribution in [2.45, 2.75) is 32.1 Å². The summed E-state index contributed by atoms with van der Waals surface area (Å²) in [5.41, 5.74) is 0.953. The monoisotopic (exact) mass is 452 g/mol. The van der Waals surface area contributed by atoms with Gasteiger partial charge in [-0.1, -0.05) is 18.6 Å². The minimum atomic E-state index is -0.0643. The highest BCUT2D eigenvalue weighted by molar-refractivity contribution is 5.96. The first-order valence-electron chi connectivity index (χ1n) is 11.7. The summed E-state index contributed by atoms with van der Waals surface area (Å²) < 4.78 is 12.1. The number of rotatable bonds is 1. The maximum atomic E-state index is 13.0. The fourth-order valence-corrected chi connectivity index (χ4v) is 4.54. The lowest BCUT2D eigenvalue weighted by molar-refractivity contribution is 0.0326. The third kappa shape index (κ3) is 5.68. The van der Waals surface area contributed by atoms with Crippen LogP contribution in [0.2, 0.25) is 0 Å². The quantitative estimate of drug-likeness (QED) is 0.661. The normalized spacial score (nSPS) is 20.0. The van der Waals surface area contributed by atoms with Gasteiger partial charge in [-0.3, -0.25) is 9.59 Å². The van der Waals surface area contributed by atoms with E-state index in [1.54, 1.807) is 24.2 Å². The van der Waals surface area contributed by atoms with Crippen LogP contribution in [0.15, 0.2) is 42.9 Å². The number of benzene rings is 1. The SMILES string of the molecule is CN1CCOCCCCC2(CCN(C(=O)c3ccncn3)CC2)COc2ccccc2C1=O. The van der Waals surface area contributed by atoms with E-state index in [1.807, 2.05) is 29.2 Å². The number of hydrogen-bond donors (Lipinski definition) is 0. The van der Waals surface area contributed by atoms with Gasteiger partial charge >= 0.3 is 0 Å². The molecule has 0 N–H and O–H groups in total. The van der Waals surface area contributed by atoms with Gasteiger partial charge in [-0.05, 0) is 43.9 Å². The van der Waals surface area contributed by atoms with E-state index >= 15 is 0 Å². The fourth-order valence-electron chi connectivity index (χ4n) is 4.54. The number of carbonyl (C=O) groups excluding carboxylic acids is 2. The van der Waals surface area contributed by atoms with Gasteiger partial charge in [-0.15, -0.1) is 0 Å². The molecule has 1 spiro atoms. The number of nitrogens with zero attached hydrogens (tertiary/aromatic N) is 4. The standard InChI is InChI=1S/C25H32N4O4/c1-28-15-17-32-16-5-4-9-25(18-33-22-7-3-2-6-20(22)23(28)30)10-13-29(14-11-25)24(31)21-8-12-26-19-27-21/h2-3,6-8,12,19H,4-5,9-11,13-18H2,1H3. The molecule has 0 saturated carbocycles. The van der Waals surface area contributed by atoms with Crippen molar-refractivity contribution in [3.8, 4) is 5.75 Å². The molecule has 0 radical (unpaired) electrons. The number of hydrogen-bond acceptors (Lipinski definition) is 6. The van der Waals surface area contributed by atoms with Crippen LogP contribution in [0.1, 0.15) is 53.0 Å². The van der Waals surface area contributed by atoms with Gasteiger partial charge in [0.1, 0.15) is 17.8 Å². The highest BCUT2D eigenvalue weighted by atomic mass is 16.5. The average Bonchev–Trinajstić information content (AvgIpc) is 2.86. The second kappa shape index (κ2) is 10.7. The van der Waals surface area contributed by atoms with E-state index in [-0.39, 0.29) is 17.2 Å². The first-order valence-corrected chi connectivity index (χ1v) is 11.7. The number of fused-ring (bicyclic) bond motifs is 1. The van der Waals surface area contributed by atoms with Gasteiger partial charge in [0.2, 0.25) is 0 Å². The lowest BCUT2D eigenvalue weighted by Crippen LogP contribution is -2.46. The summed E-state index contributed by atoms with van der Waals surface area (Å²) in [7, 11) is 1.79. The minimum absolute atomic E-state index is 0.0470. The number of para-hydroxylation sites is 1. The molecule has 2 aliphatic heterocycles. The molecular formula is C25H32N4O4. The van der Waals surface area contributed by atoms with Crippen molar-refractivity contribution in [2.24, 2.45) is 5.41 Å². The largest absolute Gasteiger partial charge is 0.492 e. The summed E-state index contributed by atoms with van der Waals surface area (Å²) in [6, 6.07) is 9.10. The van der Waals surface area contributed by atoms with Crippen molar-refractivity contribution < 1.29 is 19.1 Å². The molecule has 2 aliphatic rings. The lowest BCUT2D eigenvalue weighted by Gasteiger charge is -2.42. The van der Waals surface area contributed by atoms with Gasteiger partial charge in [-0.25, -0.2) is 9.97 Å². The Kier molecular flexibility index (Phi) is 7.54. The molecule has 1 aromatic heterocycles. The van der Waals surface area contributed by atoms with E-state index in [1.165, 1.54) is 6.33 Å². The van der Waals surface area contributed by atoms with Crippen LogP contribution in [-0.4, -0.2) is 78.1 Å². The number of piperidine rings is 1. The molecule has 0 bridgehead atoms. The summed E-state index contributed by atoms with van der Waals surface area (Å²) in [5, 5.41) is 0. The molecule has 0 unspecified atom stereocenters. The average molecular weight is 453 g/mol. The molecule has 4 rings (SSSR count). The zero-order chi connectivity index (χ0) is 23.1. The molecule has 3 heterocycles. The molecule has 1 aromatic carbocycles. The van der Waals surface area contributed by atoms with Gasteiger partial charge in [0, 0.05) is 44.9 Å². The van der Waals surface area contributed by atoms with E-state index in [0.29, 0.717) is 56.5 Å². The number of ether oxygens (including phenoxy) is 2. The Morgan fingerprint density at radius 1 is 1.03 bits per heavy atom. The maximum Gasteiger partial charge on any atom is 0.272 e. The van der Waals surface area contributed by atoms with Crippen molar-refractivity contribution in [2.75, 3.05) is 46.5 Å². The third-order valence-electron chi connectivity index (χ3n) is 6.73. The Bertz CT molecular complexity index is 944. The first-order chi connectivity index (χ1) is 16.1. The van der Waals surface area contributed by atoms with Crippen LogP contribution in [0.25, 0.3) is 0 Å². The second-order valence-electron chi connectivity index (χ2n) is 8.97.